The predicted octanol–water partition coefficient (Wildman–Crippen LogP) is 4.88. The van der Waals surface area contributed by atoms with Gasteiger partial charge in [0.25, 0.3) is 5.56 Å². The number of hydrogen-bond acceptors (Lipinski definition) is 5. The van der Waals surface area contributed by atoms with E-state index in [1.165, 1.54) is 23.1 Å². The standard InChI is InChI=1S/C21H22ClN3O2S2/c1-5-10-25-20(27)18-12(2)14(4)29-19(18)24-21(25)28-11-17(26)23-13(3)15-6-8-16(22)9-7-15/h5-9,13H,1,10-11H2,2-4H3,(H,23,26). The second-order valence-electron chi connectivity index (χ2n) is 6.69. The molecule has 0 saturated carbocycles. The van der Waals surface area contributed by atoms with Crippen LogP contribution in [0.2, 0.25) is 5.02 Å². The lowest BCUT2D eigenvalue weighted by Gasteiger charge is -2.15. The number of aryl methyl sites for hydroxylation is 2. The van der Waals surface area contributed by atoms with Gasteiger partial charge in [-0.25, -0.2) is 4.98 Å². The molecule has 1 aromatic carbocycles. The van der Waals surface area contributed by atoms with Crippen LogP contribution in [0.3, 0.4) is 0 Å². The smallest absolute Gasteiger partial charge is 0.263 e. The summed E-state index contributed by atoms with van der Waals surface area (Å²) in [6.07, 6.45) is 1.66. The maximum Gasteiger partial charge on any atom is 0.263 e. The van der Waals surface area contributed by atoms with Gasteiger partial charge in [-0.1, -0.05) is 41.6 Å². The molecule has 0 radical (unpaired) electrons. The summed E-state index contributed by atoms with van der Waals surface area (Å²) in [6, 6.07) is 7.23. The lowest BCUT2D eigenvalue weighted by molar-refractivity contribution is -0.119. The predicted molar refractivity (Wildman–Crippen MR) is 122 cm³/mol. The minimum atomic E-state index is -0.145. The van der Waals surface area contributed by atoms with Crippen LogP contribution in [0.1, 0.15) is 29.0 Å². The number of carbonyl (C=O) groups excluding carboxylic acids is 1. The average molecular weight is 448 g/mol. The molecule has 1 amide bonds. The van der Waals surface area contributed by atoms with Crippen molar-refractivity contribution in [3.05, 3.63) is 68.3 Å². The topological polar surface area (TPSA) is 64.0 Å². The Morgan fingerprint density at radius 1 is 1.38 bits per heavy atom. The Morgan fingerprint density at radius 3 is 2.72 bits per heavy atom. The molecule has 0 spiro atoms. The largest absolute Gasteiger partial charge is 0.349 e. The minimum absolute atomic E-state index is 0.0887. The molecule has 3 aromatic rings. The average Bonchev–Trinajstić information content (AvgIpc) is 2.97. The second kappa shape index (κ2) is 9.15. The van der Waals surface area contributed by atoms with Gasteiger partial charge in [0.15, 0.2) is 5.16 Å². The van der Waals surface area contributed by atoms with Crippen LogP contribution in [0.5, 0.6) is 0 Å². The van der Waals surface area contributed by atoms with Gasteiger partial charge in [-0.2, -0.15) is 0 Å². The number of nitrogens with zero attached hydrogens (tertiary/aromatic N) is 2. The molecule has 2 aromatic heterocycles. The minimum Gasteiger partial charge on any atom is -0.349 e. The first kappa shape index (κ1) is 21.6. The van der Waals surface area contributed by atoms with E-state index in [1.54, 1.807) is 22.8 Å². The Kier molecular flexibility index (Phi) is 6.82. The van der Waals surface area contributed by atoms with Crippen molar-refractivity contribution >= 4 is 50.8 Å². The number of amides is 1. The number of hydrogen-bond donors (Lipinski definition) is 1. The van der Waals surface area contributed by atoms with Crippen LogP contribution < -0.4 is 10.9 Å². The molecule has 1 atom stereocenters. The van der Waals surface area contributed by atoms with E-state index in [9.17, 15) is 9.59 Å². The van der Waals surface area contributed by atoms with Crippen LogP contribution in [0.25, 0.3) is 10.2 Å². The van der Waals surface area contributed by atoms with E-state index < -0.39 is 0 Å². The highest BCUT2D eigenvalue weighted by atomic mass is 35.5. The fraction of sp³-hybridized carbons (Fsp3) is 0.286. The number of fused-ring (bicyclic) bond motifs is 1. The molecule has 0 aliphatic rings. The summed E-state index contributed by atoms with van der Waals surface area (Å²) < 4.78 is 1.58. The first-order chi connectivity index (χ1) is 13.8. The maximum atomic E-state index is 13.0. The molecule has 0 bridgehead atoms. The molecule has 0 aliphatic carbocycles. The molecule has 2 heterocycles. The van der Waals surface area contributed by atoms with Gasteiger partial charge in [-0.3, -0.25) is 14.2 Å². The monoisotopic (exact) mass is 447 g/mol. The summed E-state index contributed by atoms with van der Waals surface area (Å²) in [5.74, 6) is 0.0339. The third-order valence-corrected chi connectivity index (χ3v) is 6.97. The molecule has 8 heteroatoms. The van der Waals surface area contributed by atoms with E-state index in [2.05, 4.69) is 16.9 Å². The Bertz CT molecular complexity index is 1120. The number of rotatable bonds is 7. The molecule has 3 rings (SSSR count). The number of carbonyl (C=O) groups is 1. The molecule has 0 aliphatic heterocycles. The molecule has 1 unspecified atom stereocenters. The van der Waals surface area contributed by atoms with E-state index in [-0.39, 0.29) is 23.3 Å². The second-order valence-corrected chi connectivity index (χ2v) is 9.27. The van der Waals surface area contributed by atoms with Gasteiger partial charge in [-0.15, -0.1) is 17.9 Å². The Labute approximate surface area is 182 Å². The third-order valence-electron chi connectivity index (χ3n) is 4.65. The van der Waals surface area contributed by atoms with Crippen LogP contribution >= 0.6 is 34.7 Å². The van der Waals surface area contributed by atoms with E-state index in [1.807, 2.05) is 32.9 Å². The molecular formula is C21H22ClN3O2S2. The maximum absolute atomic E-state index is 13.0. The van der Waals surface area contributed by atoms with Gasteiger partial charge in [0.1, 0.15) is 4.83 Å². The summed E-state index contributed by atoms with van der Waals surface area (Å²) in [5.41, 5.74) is 1.85. The van der Waals surface area contributed by atoms with Crippen molar-refractivity contribution in [3.8, 4) is 0 Å². The summed E-state index contributed by atoms with van der Waals surface area (Å²) in [4.78, 5) is 31.9. The number of thiophene rings is 1. The van der Waals surface area contributed by atoms with Crippen LogP contribution in [-0.4, -0.2) is 21.2 Å². The quantitative estimate of drug-likeness (QED) is 0.318. The van der Waals surface area contributed by atoms with E-state index >= 15 is 0 Å². The van der Waals surface area contributed by atoms with Gasteiger partial charge in [0, 0.05) is 16.4 Å². The zero-order valence-corrected chi connectivity index (χ0v) is 18.9. The van der Waals surface area contributed by atoms with Gasteiger partial charge in [0.05, 0.1) is 17.2 Å². The zero-order chi connectivity index (χ0) is 21.1. The Balaban J connectivity index is 1.78. The number of aromatic nitrogens is 2. The lowest BCUT2D eigenvalue weighted by Crippen LogP contribution is -2.29. The number of allylic oxidation sites excluding steroid dienone is 1. The van der Waals surface area contributed by atoms with Gasteiger partial charge in [0.2, 0.25) is 5.91 Å². The van der Waals surface area contributed by atoms with Crippen molar-refractivity contribution in [1.82, 2.24) is 14.9 Å². The Morgan fingerprint density at radius 2 is 2.07 bits per heavy atom. The van der Waals surface area contributed by atoms with Crippen molar-refractivity contribution in [2.75, 3.05) is 5.75 Å². The van der Waals surface area contributed by atoms with E-state index in [0.717, 1.165) is 16.0 Å². The SMILES string of the molecule is C=CCn1c(SCC(=O)NC(C)c2ccc(Cl)cc2)nc2sc(C)c(C)c2c1=O. The molecular weight excluding hydrogens is 426 g/mol. The van der Waals surface area contributed by atoms with E-state index in [0.29, 0.717) is 26.9 Å². The molecule has 152 valence electrons. The highest BCUT2D eigenvalue weighted by Gasteiger charge is 2.17. The normalized spacial score (nSPS) is 12.1. The lowest BCUT2D eigenvalue weighted by atomic mass is 10.1. The van der Waals surface area contributed by atoms with Crippen molar-refractivity contribution in [3.63, 3.8) is 0 Å². The summed E-state index contributed by atoms with van der Waals surface area (Å²) in [7, 11) is 0. The van der Waals surface area contributed by atoms with Crippen molar-refractivity contribution < 1.29 is 4.79 Å². The van der Waals surface area contributed by atoms with Crippen LogP contribution in [0, 0.1) is 13.8 Å². The molecule has 5 nitrogen and oxygen atoms in total. The number of benzene rings is 1. The first-order valence-electron chi connectivity index (χ1n) is 9.11. The number of nitrogens with one attached hydrogen (secondary N) is 1. The van der Waals surface area contributed by atoms with Crippen LogP contribution in [-0.2, 0) is 11.3 Å². The zero-order valence-electron chi connectivity index (χ0n) is 16.5. The highest BCUT2D eigenvalue weighted by Crippen LogP contribution is 2.28. The van der Waals surface area contributed by atoms with Crippen LogP contribution in [0.15, 0.2) is 46.9 Å². The van der Waals surface area contributed by atoms with Gasteiger partial charge >= 0.3 is 0 Å². The molecule has 0 saturated heterocycles. The summed E-state index contributed by atoms with van der Waals surface area (Å²) >= 11 is 8.67. The van der Waals surface area contributed by atoms with E-state index in [4.69, 9.17) is 11.6 Å². The number of halogens is 1. The molecule has 29 heavy (non-hydrogen) atoms. The molecule has 0 fully saturated rings. The summed E-state index contributed by atoms with van der Waals surface area (Å²) in [5, 5.41) is 4.80. The Hall–Kier alpha value is -2.09. The van der Waals surface area contributed by atoms with Crippen molar-refractivity contribution in [2.45, 2.75) is 38.5 Å². The van der Waals surface area contributed by atoms with Gasteiger partial charge < -0.3 is 5.32 Å². The van der Waals surface area contributed by atoms with Crippen molar-refractivity contribution in [1.29, 1.82) is 0 Å². The van der Waals surface area contributed by atoms with Crippen LogP contribution in [0.4, 0.5) is 0 Å². The highest BCUT2D eigenvalue weighted by molar-refractivity contribution is 7.99. The first-order valence-corrected chi connectivity index (χ1v) is 11.3. The third kappa shape index (κ3) is 4.74. The van der Waals surface area contributed by atoms with Gasteiger partial charge in [-0.05, 0) is 44.0 Å². The number of thioether (sulfide) groups is 1. The van der Waals surface area contributed by atoms with Crippen molar-refractivity contribution in [2.24, 2.45) is 0 Å². The summed E-state index contributed by atoms with van der Waals surface area (Å²) in [6.45, 7) is 9.93. The fourth-order valence-corrected chi connectivity index (χ4v) is 4.97. The fourth-order valence-electron chi connectivity index (χ4n) is 2.96. The molecule has 1 N–H and O–H groups in total.